The molecule has 1 aliphatic heterocycles. The molecule has 4 rings (SSSR count). The summed E-state index contributed by atoms with van der Waals surface area (Å²) < 4.78 is 38.5. The van der Waals surface area contributed by atoms with E-state index in [0.29, 0.717) is 11.1 Å². The van der Waals surface area contributed by atoms with E-state index in [-0.39, 0.29) is 17.0 Å². The molecular weight excluding hydrogens is 559 g/mol. The van der Waals surface area contributed by atoms with Crippen LogP contribution in [0, 0.1) is 10.7 Å². The number of nitrogens with one attached hydrogen (secondary N) is 1. The van der Waals surface area contributed by atoms with Crippen molar-refractivity contribution in [3.8, 4) is 5.75 Å². The third kappa shape index (κ3) is 6.54. The van der Waals surface area contributed by atoms with Crippen molar-refractivity contribution in [2.24, 2.45) is 5.92 Å². The summed E-state index contributed by atoms with van der Waals surface area (Å²) in [4.78, 5) is 26.6. The molecule has 1 saturated heterocycles. The largest absolute Gasteiger partial charge is 0.463 e. The molecule has 0 saturated carbocycles. The maximum Gasteiger partial charge on any atom is 0.380 e. The summed E-state index contributed by atoms with van der Waals surface area (Å²) in [5.74, 6) is -1.11. The van der Waals surface area contributed by atoms with Crippen molar-refractivity contribution in [2.75, 3.05) is 12.8 Å². The second kappa shape index (κ2) is 11.9. The summed E-state index contributed by atoms with van der Waals surface area (Å²) in [5.41, 5.74) is -2.28. The van der Waals surface area contributed by atoms with Crippen LogP contribution >= 0.6 is 19.8 Å². The minimum atomic E-state index is -4.08. The molecule has 0 amide bonds. The van der Waals surface area contributed by atoms with Gasteiger partial charge in [0.25, 0.3) is 5.56 Å². The molecule has 11 nitrogen and oxygen atoms in total. The fourth-order valence-corrected chi connectivity index (χ4v) is 6.62. The van der Waals surface area contributed by atoms with Crippen molar-refractivity contribution in [1.29, 1.82) is 0 Å². The van der Waals surface area contributed by atoms with Gasteiger partial charge >= 0.3 is 13.6 Å². The molecule has 2 aromatic carbocycles. The normalized spacial score (nSPS) is 25.0. The number of carbonyl (C=O) groups excluding carboxylic acids is 1. The molecule has 216 valence electrons. The number of ether oxygens (including phenoxy) is 2. The Labute approximate surface area is 236 Å². The third-order valence-electron chi connectivity index (χ3n) is 6.53. The van der Waals surface area contributed by atoms with E-state index in [1.165, 1.54) is 23.8 Å². The van der Waals surface area contributed by atoms with E-state index < -0.39 is 55.7 Å². The number of carbonyl (C=O) groups is 1. The third-order valence-corrected chi connectivity index (χ3v) is 8.86. The van der Waals surface area contributed by atoms with Gasteiger partial charge < -0.3 is 24.2 Å². The standard InChI is InChI=1S/C27H33N2O9PS/c1-16(2)36-24(32)17(3)15-39(34,38-20-11-7-9-18-8-5-6-10-19(18)20)35-14-21-23(31)27(4,33)25(37-21)29-13-12-22(30)28-26(29)40/h5-13,16-17,21,23,25,31,33H,14-15H2,1-4H3,(H,28,30,40)/t17-,21-,23+,25-,27?,39?/m1/s1. The zero-order chi connectivity index (χ0) is 29.2. The minimum absolute atomic E-state index is 0.0195. The number of fused-ring (bicyclic) bond motifs is 1. The van der Waals surface area contributed by atoms with Crippen molar-refractivity contribution in [3.05, 3.63) is 69.9 Å². The van der Waals surface area contributed by atoms with E-state index in [4.69, 9.17) is 30.7 Å². The highest BCUT2D eigenvalue weighted by molar-refractivity contribution is 7.71. The number of nitrogens with zero attached hydrogens (tertiary/aromatic N) is 1. The highest BCUT2D eigenvalue weighted by atomic mass is 32.1. The predicted molar refractivity (Wildman–Crippen MR) is 150 cm³/mol. The van der Waals surface area contributed by atoms with Crippen molar-refractivity contribution in [3.63, 3.8) is 0 Å². The Balaban J connectivity index is 1.60. The molecule has 0 aliphatic carbocycles. The van der Waals surface area contributed by atoms with E-state index in [1.54, 1.807) is 32.9 Å². The first kappa shape index (κ1) is 30.1. The van der Waals surface area contributed by atoms with E-state index in [9.17, 15) is 24.4 Å². The minimum Gasteiger partial charge on any atom is -0.463 e. The molecule has 6 atom stereocenters. The van der Waals surface area contributed by atoms with E-state index in [0.717, 1.165) is 5.39 Å². The Morgan fingerprint density at radius 3 is 2.60 bits per heavy atom. The lowest BCUT2D eigenvalue weighted by molar-refractivity contribution is -0.151. The number of aromatic nitrogens is 2. The zero-order valence-electron chi connectivity index (χ0n) is 22.6. The number of aliphatic hydroxyl groups is 2. The van der Waals surface area contributed by atoms with Gasteiger partial charge in [0, 0.05) is 17.6 Å². The molecule has 2 unspecified atom stereocenters. The summed E-state index contributed by atoms with van der Waals surface area (Å²) in [6.07, 6.45) is -3.16. The second-order valence-electron chi connectivity index (χ2n) is 10.3. The first-order valence-electron chi connectivity index (χ1n) is 12.8. The molecule has 3 N–H and O–H groups in total. The highest BCUT2D eigenvalue weighted by Gasteiger charge is 2.53. The zero-order valence-corrected chi connectivity index (χ0v) is 24.3. The number of rotatable bonds is 10. The number of aliphatic hydroxyl groups excluding tert-OH is 1. The number of esters is 1. The summed E-state index contributed by atoms with van der Waals surface area (Å²) in [6, 6.07) is 13.8. The smallest absolute Gasteiger partial charge is 0.380 e. The van der Waals surface area contributed by atoms with E-state index in [2.05, 4.69) is 4.98 Å². The number of benzene rings is 2. The van der Waals surface area contributed by atoms with Gasteiger partial charge in [-0.25, -0.2) is 4.57 Å². The Kier molecular flexibility index (Phi) is 8.99. The molecule has 0 spiro atoms. The second-order valence-corrected chi connectivity index (χ2v) is 12.7. The van der Waals surface area contributed by atoms with Gasteiger partial charge in [0.2, 0.25) is 0 Å². The molecule has 1 aliphatic rings. The predicted octanol–water partition coefficient (Wildman–Crippen LogP) is 3.94. The number of aromatic amines is 1. The van der Waals surface area contributed by atoms with Crippen LogP contribution < -0.4 is 10.1 Å². The van der Waals surface area contributed by atoms with Crippen molar-refractivity contribution >= 4 is 36.6 Å². The first-order valence-corrected chi connectivity index (χ1v) is 14.9. The fourth-order valence-electron chi connectivity index (χ4n) is 4.48. The maximum atomic E-state index is 14.2. The summed E-state index contributed by atoms with van der Waals surface area (Å²) >= 11 is 5.19. The Morgan fingerprint density at radius 1 is 1.20 bits per heavy atom. The lowest BCUT2D eigenvalue weighted by atomic mass is 9.96. The van der Waals surface area contributed by atoms with E-state index in [1.807, 2.05) is 30.3 Å². The van der Waals surface area contributed by atoms with Crippen molar-refractivity contribution in [2.45, 2.75) is 57.8 Å². The van der Waals surface area contributed by atoms with Gasteiger partial charge in [0.1, 0.15) is 23.6 Å². The quantitative estimate of drug-likeness (QED) is 0.180. The summed E-state index contributed by atoms with van der Waals surface area (Å²) in [6.45, 7) is 5.89. The molecule has 1 aromatic heterocycles. The van der Waals surface area contributed by atoms with Gasteiger partial charge in [-0.1, -0.05) is 43.3 Å². The van der Waals surface area contributed by atoms with Gasteiger partial charge in [-0.3, -0.25) is 23.7 Å². The lowest BCUT2D eigenvalue weighted by Crippen LogP contribution is -2.44. The Hall–Kier alpha value is -2.86. The molecular formula is C27H33N2O9PS. The van der Waals surface area contributed by atoms with Gasteiger partial charge in [-0.2, -0.15) is 0 Å². The van der Waals surface area contributed by atoms with Crippen LogP contribution in [0.1, 0.15) is 33.9 Å². The van der Waals surface area contributed by atoms with Crippen molar-refractivity contribution < 1.29 is 38.1 Å². The van der Waals surface area contributed by atoms with Crippen LogP contribution in [0.5, 0.6) is 5.75 Å². The van der Waals surface area contributed by atoms with Gasteiger partial charge in [0.05, 0.1) is 24.8 Å². The fraction of sp³-hybridized carbons (Fsp3) is 0.444. The SMILES string of the molecule is CC(C)OC(=O)[C@H](C)CP(=O)(OC[C@H]1O[C@@H](n2ccc(=O)[nH]c2=S)C(C)(O)[C@H]1O)Oc1cccc2ccccc12. The first-order chi connectivity index (χ1) is 18.8. The van der Waals surface area contributed by atoms with Gasteiger partial charge in [-0.15, -0.1) is 0 Å². The van der Waals surface area contributed by atoms with Gasteiger partial charge in [-0.05, 0) is 44.4 Å². The van der Waals surface area contributed by atoms with Crippen LogP contribution in [0.3, 0.4) is 0 Å². The average Bonchev–Trinajstić information content (AvgIpc) is 3.11. The molecule has 3 aromatic rings. The molecule has 40 heavy (non-hydrogen) atoms. The molecule has 1 fully saturated rings. The monoisotopic (exact) mass is 592 g/mol. The van der Waals surface area contributed by atoms with Crippen molar-refractivity contribution in [1.82, 2.24) is 9.55 Å². The van der Waals surface area contributed by atoms with Crippen LogP contribution in [0.2, 0.25) is 0 Å². The lowest BCUT2D eigenvalue weighted by Gasteiger charge is -2.28. The van der Waals surface area contributed by atoms with Crippen LogP contribution in [0.25, 0.3) is 10.8 Å². The Morgan fingerprint density at radius 2 is 1.90 bits per heavy atom. The summed E-state index contributed by atoms with van der Waals surface area (Å²) in [5, 5.41) is 23.5. The topological polar surface area (TPSA) is 149 Å². The number of H-pyrrole nitrogens is 1. The van der Waals surface area contributed by atoms with Gasteiger partial charge in [0.15, 0.2) is 11.0 Å². The summed E-state index contributed by atoms with van der Waals surface area (Å²) in [7, 11) is -4.08. The molecule has 2 heterocycles. The molecule has 13 heteroatoms. The average molecular weight is 593 g/mol. The van der Waals surface area contributed by atoms with Crippen LogP contribution in [0.15, 0.2) is 59.5 Å². The number of hydrogen-bond donors (Lipinski definition) is 3. The molecule has 0 radical (unpaired) electrons. The number of hydrogen-bond acceptors (Lipinski definition) is 10. The molecule has 0 bridgehead atoms. The van der Waals surface area contributed by atoms with Crippen LogP contribution in [-0.2, 0) is 23.4 Å². The highest BCUT2D eigenvalue weighted by Crippen LogP contribution is 2.52. The Bertz CT molecular complexity index is 1530. The van der Waals surface area contributed by atoms with Crippen LogP contribution in [0.4, 0.5) is 0 Å². The maximum absolute atomic E-state index is 14.2. The van der Waals surface area contributed by atoms with E-state index >= 15 is 0 Å². The van der Waals surface area contributed by atoms with Crippen LogP contribution in [-0.4, -0.2) is 62.4 Å².